The van der Waals surface area contributed by atoms with E-state index in [1.165, 1.54) is 6.07 Å². The third-order valence-corrected chi connectivity index (χ3v) is 4.00. The van der Waals surface area contributed by atoms with Crippen molar-refractivity contribution < 1.29 is 4.39 Å². The number of aryl methyl sites for hydroxylation is 1. The quantitative estimate of drug-likeness (QED) is 0.782. The van der Waals surface area contributed by atoms with E-state index in [1.54, 1.807) is 18.2 Å². The number of likely N-dealkylation sites (N-methyl/N-ethyl adjacent to an activating group) is 1. The summed E-state index contributed by atoms with van der Waals surface area (Å²) in [5, 5.41) is 4.54. The predicted molar refractivity (Wildman–Crippen MR) is 87.7 cm³/mol. The normalized spacial score (nSPS) is 12.4. The van der Waals surface area contributed by atoms with Crippen LogP contribution in [0.1, 0.15) is 29.7 Å². The van der Waals surface area contributed by atoms with Crippen molar-refractivity contribution in [1.29, 1.82) is 0 Å². The van der Waals surface area contributed by atoms with Crippen molar-refractivity contribution in [2.24, 2.45) is 0 Å². The summed E-state index contributed by atoms with van der Waals surface area (Å²) in [6, 6.07) is 10.5. The fourth-order valence-electron chi connectivity index (χ4n) is 2.38. The van der Waals surface area contributed by atoms with E-state index < -0.39 is 0 Å². The fraction of sp³-hybridized carbons (Fsp3) is 0.294. The fourth-order valence-corrected chi connectivity index (χ4v) is 2.86. The molecule has 1 atom stereocenters. The largest absolute Gasteiger partial charge is 0.310 e. The number of nitrogens with one attached hydrogen (secondary N) is 1. The molecule has 1 nitrogen and oxygen atoms in total. The van der Waals surface area contributed by atoms with E-state index in [0.717, 1.165) is 17.7 Å². The van der Waals surface area contributed by atoms with Crippen LogP contribution in [0.3, 0.4) is 0 Å². The second kappa shape index (κ2) is 7.26. The molecule has 0 amide bonds. The van der Waals surface area contributed by atoms with Gasteiger partial charge in [-0.1, -0.05) is 53.9 Å². The van der Waals surface area contributed by atoms with Crippen LogP contribution in [0.5, 0.6) is 0 Å². The number of hydrogen-bond donors (Lipinski definition) is 1. The second-order valence-corrected chi connectivity index (χ2v) is 5.92. The summed E-state index contributed by atoms with van der Waals surface area (Å²) in [7, 11) is 0. The highest BCUT2D eigenvalue weighted by atomic mass is 35.5. The average Bonchev–Trinajstić information content (AvgIpc) is 2.44. The van der Waals surface area contributed by atoms with E-state index in [1.807, 2.05) is 26.0 Å². The maximum absolute atomic E-state index is 14.1. The summed E-state index contributed by atoms with van der Waals surface area (Å²) < 4.78 is 14.1. The van der Waals surface area contributed by atoms with Gasteiger partial charge in [0.15, 0.2) is 0 Å². The minimum absolute atomic E-state index is 0.117. The first kappa shape index (κ1) is 16.3. The summed E-state index contributed by atoms with van der Waals surface area (Å²) in [6.07, 6.45) is 0.615. The van der Waals surface area contributed by atoms with Crippen LogP contribution in [-0.2, 0) is 6.42 Å². The van der Waals surface area contributed by atoms with Crippen LogP contribution in [0.15, 0.2) is 36.4 Å². The summed E-state index contributed by atoms with van der Waals surface area (Å²) in [6.45, 7) is 4.72. The summed E-state index contributed by atoms with van der Waals surface area (Å²) in [5.41, 5.74) is 2.66. The molecule has 1 unspecified atom stereocenters. The molecule has 0 aliphatic carbocycles. The summed E-state index contributed by atoms with van der Waals surface area (Å²) >= 11 is 12.1. The summed E-state index contributed by atoms with van der Waals surface area (Å²) in [4.78, 5) is 0. The molecule has 0 heterocycles. The zero-order chi connectivity index (χ0) is 15.4. The Morgan fingerprint density at radius 3 is 2.57 bits per heavy atom. The molecule has 0 saturated carbocycles. The smallest absolute Gasteiger partial charge is 0.128 e. The molecule has 0 saturated heterocycles. The molecule has 2 rings (SSSR count). The molecule has 0 fully saturated rings. The van der Waals surface area contributed by atoms with Crippen molar-refractivity contribution >= 4 is 23.2 Å². The Kier molecular flexibility index (Phi) is 5.63. The number of halogens is 3. The van der Waals surface area contributed by atoms with Crippen molar-refractivity contribution in [3.63, 3.8) is 0 Å². The number of rotatable bonds is 5. The van der Waals surface area contributed by atoms with Gasteiger partial charge in [-0.2, -0.15) is 0 Å². The predicted octanol–water partition coefficient (Wildman–Crippen LogP) is 5.33. The van der Waals surface area contributed by atoms with Gasteiger partial charge in [-0.05, 0) is 43.7 Å². The van der Waals surface area contributed by atoms with Crippen LogP contribution < -0.4 is 5.32 Å². The SMILES string of the molecule is CCNC(Cc1ccc(Cl)cc1Cl)c1cc(C)ccc1F. The number of hydrogen-bond acceptors (Lipinski definition) is 1. The van der Waals surface area contributed by atoms with Crippen LogP contribution in [0, 0.1) is 12.7 Å². The van der Waals surface area contributed by atoms with Gasteiger partial charge < -0.3 is 5.32 Å². The van der Waals surface area contributed by atoms with E-state index in [-0.39, 0.29) is 11.9 Å². The van der Waals surface area contributed by atoms with Gasteiger partial charge in [-0.25, -0.2) is 4.39 Å². The Morgan fingerprint density at radius 1 is 1.14 bits per heavy atom. The van der Waals surface area contributed by atoms with Crippen LogP contribution in [0.4, 0.5) is 4.39 Å². The lowest BCUT2D eigenvalue weighted by Gasteiger charge is -2.20. The van der Waals surface area contributed by atoms with Gasteiger partial charge in [0.2, 0.25) is 0 Å². The minimum atomic E-state index is -0.198. The second-order valence-electron chi connectivity index (χ2n) is 5.08. The van der Waals surface area contributed by atoms with Crippen molar-refractivity contribution in [3.05, 3.63) is 69.0 Å². The van der Waals surface area contributed by atoms with Gasteiger partial charge in [0.25, 0.3) is 0 Å². The highest BCUT2D eigenvalue weighted by Crippen LogP contribution is 2.27. The Balaban J connectivity index is 2.32. The molecule has 0 radical (unpaired) electrons. The Bertz CT molecular complexity index is 628. The summed E-state index contributed by atoms with van der Waals surface area (Å²) in [5.74, 6) is -0.198. The zero-order valence-corrected chi connectivity index (χ0v) is 13.6. The molecule has 0 bridgehead atoms. The monoisotopic (exact) mass is 325 g/mol. The Morgan fingerprint density at radius 2 is 1.90 bits per heavy atom. The zero-order valence-electron chi connectivity index (χ0n) is 12.1. The highest BCUT2D eigenvalue weighted by Gasteiger charge is 2.17. The molecule has 4 heteroatoms. The molecule has 2 aromatic carbocycles. The van der Waals surface area contributed by atoms with Crippen LogP contribution in [-0.4, -0.2) is 6.54 Å². The molecule has 0 aliphatic rings. The molecule has 2 aromatic rings. The van der Waals surface area contributed by atoms with Gasteiger partial charge >= 0.3 is 0 Å². The minimum Gasteiger partial charge on any atom is -0.310 e. The molecular formula is C17H18Cl2FN. The van der Waals surface area contributed by atoms with Gasteiger partial charge in [-0.15, -0.1) is 0 Å². The maximum atomic E-state index is 14.1. The van der Waals surface area contributed by atoms with Gasteiger partial charge in [0.1, 0.15) is 5.82 Å². The van der Waals surface area contributed by atoms with E-state index in [4.69, 9.17) is 23.2 Å². The first-order valence-electron chi connectivity index (χ1n) is 6.94. The Labute approximate surface area is 135 Å². The van der Waals surface area contributed by atoms with E-state index in [2.05, 4.69) is 5.32 Å². The van der Waals surface area contributed by atoms with Crippen LogP contribution >= 0.6 is 23.2 Å². The van der Waals surface area contributed by atoms with Crippen LogP contribution in [0.25, 0.3) is 0 Å². The van der Waals surface area contributed by atoms with Gasteiger partial charge in [0.05, 0.1) is 0 Å². The lowest BCUT2D eigenvalue weighted by Crippen LogP contribution is -2.24. The first-order valence-corrected chi connectivity index (χ1v) is 7.70. The van der Waals surface area contributed by atoms with Crippen molar-refractivity contribution in [2.45, 2.75) is 26.3 Å². The molecule has 0 spiro atoms. The first-order chi connectivity index (χ1) is 10.0. The van der Waals surface area contributed by atoms with E-state index in [9.17, 15) is 4.39 Å². The van der Waals surface area contributed by atoms with E-state index >= 15 is 0 Å². The topological polar surface area (TPSA) is 12.0 Å². The third kappa shape index (κ3) is 4.19. The van der Waals surface area contributed by atoms with Crippen molar-refractivity contribution in [1.82, 2.24) is 5.32 Å². The molecule has 1 N–H and O–H groups in total. The highest BCUT2D eigenvalue weighted by molar-refractivity contribution is 6.35. The van der Waals surface area contributed by atoms with E-state index in [0.29, 0.717) is 22.0 Å². The molecule has 0 aliphatic heterocycles. The molecule has 0 aromatic heterocycles. The molecule has 21 heavy (non-hydrogen) atoms. The third-order valence-electron chi connectivity index (χ3n) is 3.42. The standard InChI is InChI=1S/C17H18Cl2FN/c1-3-21-17(14-8-11(2)4-7-16(14)20)9-12-5-6-13(18)10-15(12)19/h4-8,10,17,21H,3,9H2,1-2H3. The molecular weight excluding hydrogens is 308 g/mol. The molecule has 112 valence electrons. The maximum Gasteiger partial charge on any atom is 0.128 e. The lowest BCUT2D eigenvalue weighted by molar-refractivity contribution is 0.509. The van der Waals surface area contributed by atoms with Crippen molar-refractivity contribution in [2.75, 3.05) is 6.54 Å². The average molecular weight is 326 g/mol. The van der Waals surface area contributed by atoms with Gasteiger partial charge in [-0.3, -0.25) is 0 Å². The van der Waals surface area contributed by atoms with Crippen molar-refractivity contribution in [3.8, 4) is 0 Å². The number of benzene rings is 2. The van der Waals surface area contributed by atoms with Gasteiger partial charge in [0, 0.05) is 21.7 Å². The lowest BCUT2D eigenvalue weighted by atomic mass is 9.97. The van der Waals surface area contributed by atoms with Crippen LogP contribution in [0.2, 0.25) is 10.0 Å². The Hall–Kier alpha value is -1.09.